The summed E-state index contributed by atoms with van der Waals surface area (Å²) in [5.41, 5.74) is 0. The van der Waals surface area contributed by atoms with Gasteiger partial charge in [-0.15, -0.1) is 0 Å². The van der Waals surface area contributed by atoms with E-state index in [-0.39, 0.29) is 0 Å². The monoisotopic (exact) mass is 423 g/mol. The van der Waals surface area contributed by atoms with Gasteiger partial charge in [-0.2, -0.15) is 0 Å². The van der Waals surface area contributed by atoms with Crippen LogP contribution in [0.1, 0.15) is 71.1 Å². The molecule has 0 bridgehead atoms. The summed E-state index contributed by atoms with van der Waals surface area (Å²) in [6.45, 7) is 5.40. The Labute approximate surface area is 184 Å². The van der Waals surface area contributed by atoms with Gasteiger partial charge in [-0.1, -0.05) is 32.1 Å². The first-order valence-electron chi connectivity index (χ1n) is 12.1. The fourth-order valence-corrected chi connectivity index (χ4v) is 4.34. The van der Waals surface area contributed by atoms with Crippen molar-refractivity contribution in [2.45, 2.75) is 83.2 Å². The van der Waals surface area contributed by atoms with E-state index in [0.717, 1.165) is 38.9 Å². The highest BCUT2D eigenvalue weighted by Crippen LogP contribution is 2.25. The predicted molar refractivity (Wildman–Crippen MR) is 125 cm³/mol. The first-order valence-corrected chi connectivity index (χ1v) is 12.1. The van der Waals surface area contributed by atoms with Gasteiger partial charge in [0, 0.05) is 25.0 Å². The van der Waals surface area contributed by atoms with Crippen molar-refractivity contribution in [1.29, 1.82) is 0 Å². The minimum Gasteiger partial charge on any atom is -0.469 e. The predicted octanol–water partition coefficient (Wildman–Crippen LogP) is 3.40. The van der Waals surface area contributed by atoms with Crippen LogP contribution in [0.5, 0.6) is 0 Å². The first kappa shape index (κ1) is 24.8. The van der Waals surface area contributed by atoms with Gasteiger partial charge in [0.25, 0.3) is 12.0 Å². The van der Waals surface area contributed by atoms with Gasteiger partial charge in [0.2, 0.25) is 0 Å². The highest BCUT2D eigenvalue weighted by molar-refractivity contribution is 5.74. The number of ether oxygens (including phenoxy) is 2. The van der Waals surface area contributed by atoms with Crippen LogP contribution in [0.2, 0.25) is 0 Å². The van der Waals surface area contributed by atoms with Crippen molar-refractivity contribution in [2.24, 2.45) is 15.9 Å². The lowest BCUT2D eigenvalue weighted by atomic mass is 9.85. The Kier molecular flexibility index (Phi) is 12.0. The Morgan fingerprint density at radius 3 is 2.43 bits per heavy atom. The van der Waals surface area contributed by atoms with Crippen LogP contribution in [0.15, 0.2) is 9.98 Å². The summed E-state index contributed by atoms with van der Waals surface area (Å²) in [4.78, 5) is 11.7. The molecular formula is C23H45N5O2. The lowest BCUT2D eigenvalue weighted by Crippen LogP contribution is -2.45. The molecule has 0 spiro atoms. The number of methoxy groups -OCH3 is 1. The van der Waals surface area contributed by atoms with Crippen LogP contribution in [-0.4, -0.2) is 76.5 Å². The number of hydrogen-bond donors (Lipinski definition) is 2. The molecule has 2 aliphatic rings. The summed E-state index contributed by atoms with van der Waals surface area (Å²) in [6.07, 6.45) is 12.1. The van der Waals surface area contributed by atoms with Crippen molar-refractivity contribution in [3.8, 4) is 0 Å². The number of amidine groups is 2. The largest absolute Gasteiger partial charge is 0.469 e. The van der Waals surface area contributed by atoms with Crippen LogP contribution in [0.25, 0.3) is 0 Å². The normalized spacial score (nSPS) is 24.0. The molecule has 2 saturated carbocycles. The third kappa shape index (κ3) is 9.54. The van der Waals surface area contributed by atoms with Crippen molar-refractivity contribution in [3.05, 3.63) is 0 Å². The number of hydrogen-bond acceptors (Lipinski definition) is 5. The van der Waals surface area contributed by atoms with Crippen LogP contribution in [-0.2, 0) is 9.47 Å². The van der Waals surface area contributed by atoms with Crippen molar-refractivity contribution in [3.63, 3.8) is 0 Å². The van der Waals surface area contributed by atoms with E-state index in [4.69, 9.17) is 14.5 Å². The third-order valence-corrected chi connectivity index (χ3v) is 6.07. The Balaban J connectivity index is 1.88. The Bertz CT molecular complexity index is 518. The molecule has 0 radical (unpaired) electrons. The smallest absolute Gasteiger partial charge is 0.284 e. The number of nitrogens with zero attached hydrogens (tertiary/aromatic N) is 3. The molecule has 7 heteroatoms. The summed E-state index contributed by atoms with van der Waals surface area (Å²) >= 11 is 0. The Morgan fingerprint density at radius 1 is 1.00 bits per heavy atom. The second kappa shape index (κ2) is 14.5. The average molecular weight is 424 g/mol. The van der Waals surface area contributed by atoms with E-state index in [1.165, 1.54) is 44.9 Å². The minimum absolute atomic E-state index is 0.345. The maximum Gasteiger partial charge on any atom is 0.284 e. The Hall–Kier alpha value is -1.50. The van der Waals surface area contributed by atoms with E-state index < -0.39 is 0 Å². The third-order valence-electron chi connectivity index (χ3n) is 6.07. The molecule has 2 unspecified atom stereocenters. The van der Waals surface area contributed by atoms with Crippen LogP contribution >= 0.6 is 0 Å². The fraction of sp³-hybridized carbons (Fsp3) is 0.913. The topological polar surface area (TPSA) is 70.5 Å². The van der Waals surface area contributed by atoms with E-state index in [1.807, 2.05) is 0 Å². The van der Waals surface area contributed by atoms with Gasteiger partial charge >= 0.3 is 0 Å². The van der Waals surface area contributed by atoms with Gasteiger partial charge in [-0.3, -0.25) is 0 Å². The SMILES string of the molecule is CCN/C(=N/CCCN(C)C)OCC1CCCCC1N/C(=N/C1CCCCC1)OC. The molecule has 174 valence electrons. The van der Waals surface area contributed by atoms with Crippen LogP contribution in [0.4, 0.5) is 0 Å². The van der Waals surface area contributed by atoms with E-state index in [0.29, 0.717) is 36.7 Å². The van der Waals surface area contributed by atoms with E-state index in [1.54, 1.807) is 7.11 Å². The number of aliphatic imine (C=N–C) groups is 2. The molecule has 7 nitrogen and oxygen atoms in total. The van der Waals surface area contributed by atoms with Crippen LogP contribution in [0, 0.1) is 5.92 Å². The number of rotatable bonds is 9. The molecule has 0 aromatic carbocycles. The van der Waals surface area contributed by atoms with Gasteiger partial charge in [-0.25, -0.2) is 9.98 Å². The highest BCUT2D eigenvalue weighted by Gasteiger charge is 2.27. The molecule has 30 heavy (non-hydrogen) atoms. The van der Waals surface area contributed by atoms with Gasteiger partial charge in [-0.05, 0) is 59.7 Å². The first-order chi connectivity index (χ1) is 14.6. The van der Waals surface area contributed by atoms with Crippen molar-refractivity contribution >= 4 is 12.0 Å². The van der Waals surface area contributed by atoms with E-state index in [2.05, 4.69) is 41.5 Å². The molecule has 0 amide bonds. The van der Waals surface area contributed by atoms with Gasteiger partial charge in [0.15, 0.2) is 0 Å². The second-order valence-corrected chi connectivity index (χ2v) is 8.91. The summed E-state index contributed by atoms with van der Waals surface area (Å²) < 4.78 is 11.7. The zero-order valence-electron chi connectivity index (χ0n) is 19.8. The quantitative estimate of drug-likeness (QED) is 0.338. The van der Waals surface area contributed by atoms with E-state index >= 15 is 0 Å². The van der Waals surface area contributed by atoms with Gasteiger partial charge in [0.1, 0.15) is 0 Å². The van der Waals surface area contributed by atoms with E-state index in [9.17, 15) is 0 Å². The van der Waals surface area contributed by atoms with Crippen molar-refractivity contribution in [1.82, 2.24) is 15.5 Å². The fourth-order valence-electron chi connectivity index (χ4n) is 4.34. The van der Waals surface area contributed by atoms with Crippen molar-refractivity contribution < 1.29 is 9.47 Å². The molecule has 2 atom stereocenters. The summed E-state index contributed by atoms with van der Waals surface area (Å²) in [7, 11) is 5.91. The second-order valence-electron chi connectivity index (χ2n) is 8.91. The maximum absolute atomic E-state index is 6.13. The molecule has 0 aromatic heterocycles. The summed E-state index contributed by atoms with van der Waals surface area (Å²) in [5, 5.41) is 6.88. The minimum atomic E-state index is 0.345. The van der Waals surface area contributed by atoms with Crippen molar-refractivity contribution in [2.75, 3.05) is 47.4 Å². The summed E-state index contributed by atoms with van der Waals surface area (Å²) in [5.74, 6) is 0.441. The lowest BCUT2D eigenvalue weighted by Gasteiger charge is -2.33. The molecule has 0 aromatic rings. The van der Waals surface area contributed by atoms with Gasteiger partial charge < -0.3 is 25.0 Å². The molecule has 2 N–H and O–H groups in total. The van der Waals surface area contributed by atoms with Gasteiger partial charge in [0.05, 0.1) is 19.8 Å². The summed E-state index contributed by atoms with van der Waals surface area (Å²) in [6, 6.07) is 2.15. The van der Waals surface area contributed by atoms with Crippen LogP contribution < -0.4 is 10.6 Å². The Morgan fingerprint density at radius 2 is 1.73 bits per heavy atom. The lowest BCUT2D eigenvalue weighted by molar-refractivity contribution is 0.160. The zero-order chi connectivity index (χ0) is 21.6. The molecule has 2 rings (SSSR count). The standard InChI is InChI=1S/C23H45N5O2/c1-5-24-22(25-16-11-17-28(2)3)30-18-19-12-9-10-15-21(19)27-23(29-4)26-20-13-7-6-8-14-20/h19-21H,5-18H2,1-4H3,(H,24,25)(H,26,27). The maximum atomic E-state index is 6.13. The molecule has 0 saturated heterocycles. The molecular weight excluding hydrogens is 378 g/mol. The number of nitrogens with one attached hydrogen (secondary N) is 2. The van der Waals surface area contributed by atoms with Crippen LogP contribution in [0.3, 0.4) is 0 Å². The zero-order valence-corrected chi connectivity index (χ0v) is 19.8. The molecule has 2 aliphatic carbocycles. The molecule has 0 aliphatic heterocycles. The average Bonchev–Trinajstić information content (AvgIpc) is 2.75. The molecule has 2 fully saturated rings. The molecule has 0 heterocycles. The highest BCUT2D eigenvalue weighted by atomic mass is 16.5.